The number of carbonyl (C=O) groups is 2. The van der Waals surface area contributed by atoms with Crippen LogP contribution in [0.4, 0.5) is 5.69 Å². The zero-order chi connectivity index (χ0) is 21.8. The summed E-state index contributed by atoms with van der Waals surface area (Å²) in [5, 5.41) is 0. The van der Waals surface area contributed by atoms with Crippen LogP contribution in [0.3, 0.4) is 0 Å². The molecule has 2 amide bonds. The molecule has 1 heterocycles. The predicted octanol–water partition coefficient (Wildman–Crippen LogP) is 5.42. The van der Waals surface area contributed by atoms with Crippen LogP contribution in [0, 0.1) is 30.6 Å². The van der Waals surface area contributed by atoms with E-state index in [-0.39, 0.29) is 35.5 Å². The molecule has 2 aliphatic carbocycles. The Bertz CT molecular complexity index is 1210. The van der Waals surface area contributed by atoms with Gasteiger partial charge in [-0.1, -0.05) is 84.9 Å². The molecular weight excluding hydrogens is 394 g/mol. The Morgan fingerprint density at radius 2 is 1.22 bits per heavy atom. The summed E-state index contributed by atoms with van der Waals surface area (Å²) in [7, 11) is 0. The molecule has 3 heteroatoms. The number of rotatable bonds is 3. The summed E-state index contributed by atoms with van der Waals surface area (Å²) in [5.41, 5.74) is 6.35. The Kier molecular flexibility index (Phi) is 4.25. The highest BCUT2D eigenvalue weighted by Gasteiger charge is 2.62. The summed E-state index contributed by atoms with van der Waals surface area (Å²) in [5.74, 6) is -0.884. The number of anilines is 1. The third-order valence-corrected chi connectivity index (χ3v) is 7.09. The van der Waals surface area contributed by atoms with Crippen LogP contribution in [-0.4, -0.2) is 11.8 Å². The molecule has 3 aromatic rings. The van der Waals surface area contributed by atoms with Gasteiger partial charge in [0, 0.05) is 11.8 Å². The van der Waals surface area contributed by atoms with Gasteiger partial charge in [-0.25, -0.2) is 4.90 Å². The Morgan fingerprint density at radius 3 is 1.72 bits per heavy atom. The molecule has 0 unspecified atom stereocenters. The number of hydrogen-bond acceptors (Lipinski definition) is 2. The molecular formula is C29H23NO2. The summed E-state index contributed by atoms with van der Waals surface area (Å²) < 4.78 is 0. The Hall–Kier alpha value is -3.72. The lowest BCUT2D eigenvalue weighted by Crippen LogP contribution is -2.33. The van der Waals surface area contributed by atoms with Gasteiger partial charge in [0.25, 0.3) is 0 Å². The average Bonchev–Trinajstić information content (AvgIpc) is 3.45. The normalized spacial score (nSPS) is 25.5. The molecule has 3 aliphatic rings. The van der Waals surface area contributed by atoms with Crippen molar-refractivity contribution in [1.29, 1.82) is 0 Å². The minimum Gasteiger partial charge on any atom is -0.274 e. The number of fused-ring (bicyclic) bond motifs is 5. The van der Waals surface area contributed by atoms with Gasteiger partial charge in [-0.3, -0.25) is 9.59 Å². The molecule has 1 saturated carbocycles. The van der Waals surface area contributed by atoms with Crippen molar-refractivity contribution >= 4 is 23.1 Å². The zero-order valence-electron chi connectivity index (χ0n) is 17.8. The molecule has 1 saturated heterocycles. The van der Waals surface area contributed by atoms with Crippen LogP contribution in [-0.2, 0) is 9.59 Å². The van der Waals surface area contributed by atoms with Crippen molar-refractivity contribution in [2.24, 2.45) is 23.7 Å². The molecule has 3 aromatic carbocycles. The van der Waals surface area contributed by atoms with Crippen LogP contribution in [0.15, 0.2) is 103 Å². The first kappa shape index (κ1) is 19.0. The van der Waals surface area contributed by atoms with Crippen molar-refractivity contribution in [1.82, 2.24) is 0 Å². The van der Waals surface area contributed by atoms with Crippen LogP contribution in [0.1, 0.15) is 16.7 Å². The number of imide groups is 1. The maximum Gasteiger partial charge on any atom is 0.238 e. The van der Waals surface area contributed by atoms with Gasteiger partial charge in [0.15, 0.2) is 0 Å². The first-order chi connectivity index (χ1) is 15.6. The Morgan fingerprint density at radius 1 is 0.688 bits per heavy atom. The van der Waals surface area contributed by atoms with Crippen molar-refractivity contribution in [3.8, 4) is 0 Å². The van der Waals surface area contributed by atoms with Crippen molar-refractivity contribution < 1.29 is 9.59 Å². The fourth-order valence-electron chi connectivity index (χ4n) is 5.83. The lowest BCUT2D eigenvalue weighted by Gasteiger charge is -2.21. The summed E-state index contributed by atoms with van der Waals surface area (Å²) in [6, 6.07) is 28.3. The van der Waals surface area contributed by atoms with Gasteiger partial charge >= 0.3 is 0 Å². The van der Waals surface area contributed by atoms with Crippen molar-refractivity contribution in [3.63, 3.8) is 0 Å². The Balaban J connectivity index is 1.49. The van der Waals surface area contributed by atoms with Crippen LogP contribution < -0.4 is 4.90 Å². The van der Waals surface area contributed by atoms with E-state index in [9.17, 15) is 9.59 Å². The number of amides is 2. The van der Waals surface area contributed by atoms with Gasteiger partial charge in [0.05, 0.1) is 17.5 Å². The molecule has 0 radical (unpaired) electrons. The van der Waals surface area contributed by atoms with E-state index in [1.807, 2.05) is 67.6 Å². The standard InChI is InChI=1S/C29H23NO2/c1-18-9-8-14-21(17-18)30-28(31)26-22-15-16-23(27(26)29(30)32)25(22)24(19-10-4-2-5-11-19)20-12-6-3-7-13-20/h2-17,22-23,26-27H,1H3/t22-,23+,26-,27+. The third kappa shape index (κ3) is 2.67. The van der Waals surface area contributed by atoms with Gasteiger partial charge in [0.1, 0.15) is 0 Å². The van der Waals surface area contributed by atoms with E-state index in [4.69, 9.17) is 0 Å². The molecule has 2 bridgehead atoms. The van der Waals surface area contributed by atoms with E-state index in [0.29, 0.717) is 5.69 Å². The van der Waals surface area contributed by atoms with E-state index in [2.05, 4.69) is 36.4 Å². The molecule has 0 N–H and O–H groups in total. The fourth-order valence-corrected chi connectivity index (χ4v) is 5.83. The number of carbonyl (C=O) groups excluding carboxylic acids is 2. The number of nitrogens with zero attached hydrogens (tertiary/aromatic N) is 1. The largest absolute Gasteiger partial charge is 0.274 e. The summed E-state index contributed by atoms with van der Waals surface area (Å²) in [4.78, 5) is 28.6. The van der Waals surface area contributed by atoms with Crippen LogP contribution in [0.5, 0.6) is 0 Å². The number of benzene rings is 3. The second-order valence-corrected chi connectivity index (χ2v) is 8.90. The van der Waals surface area contributed by atoms with Gasteiger partial charge < -0.3 is 0 Å². The van der Waals surface area contributed by atoms with Crippen LogP contribution in [0.2, 0.25) is 0 Å². The molecule has 0 spiro atoms. The van der Waals surface area contributed by atoms with Crippen LogP contribution >= 0.6 is 0 Å². The molecule has 32 heavy (non-hydrogen) atoms. The fraction of sp³-hybridized carbons (Fsp3) is 0.172. The van der Waals surface area contributed by atoms with E-state index in [0.717, 1.165) is 22.3 Å². The lowest BCUT2D eigenvalue weighted by molar-refractivity contribution is -0.122. The van der Waals surface area contributed by atoms with Gasteiger partial charge in [-0.15, -0.1) is 0 Å². The smallest absolute Gasteiger partial charge is 0.238 e. The van der Waals surface area contributed by atoms with Crippen molar-refractivity contribution in [2.45, 2.75) is 6.92 Å². The highest BCUT2D eigenvalue weighted by atomic mass is 16.2. The molecule has 0 aromatic heterocycles. The number of allylic oxidation sites excluding steroid dienone is 3. The molecule has 1 aliphatic heterocycles. The molecule has 4 atom stereocenters. The van der Waals surface area contributed by atoms with Gasteiger partial charge in [-0.05, 0) is 46.9 Å². The van der Waals surface area contributed by atoms with Crippen LogP contribution in [0.25, 0.3) is 5.57 Å². The van der Waals surface area contributed by atoms with Crippen molar-refractivity contribution in [3.05, 3.63) is 119 Å². The summed E-state index contributed by atoms with van der Waals surface area (Å²) >= 11 is 0. The molecule has 156 valence electrons. The predicted molar refractivity (Wildman–Crippen MR) is 126 cm³/mol. The van der Waals surface area contributed by atoms with Gasteiger partial charge in [0.2, 0.25) is 11.8 Å². The summed E-state index contributed by atoms with van der Waals surface area (Å²) in [6.45, 7) is 1.98. The highest BCUT2D eigenvalue weighted by molar-refractivity contribution is 6.23. The second kappa shape index (κ2) is 7.16. The minimum atomic E-state index is -0.324. The number of aryl methyl sites for hydroxylation is 1. The topological polar surface area (TPSA) is 37.4 Å². The Labute approximate surface area is 187 Å². The SMILES string of the molecule is Cc1cccc(N2C(=O)[C@@H]3[C@H](C2=O)[C@@H]2C=C[C@H]3C2=C(c2ccccc2)c2ccccc2)c1. The quantitative estimate of drug-likeness (QED) is 0.422. The second-order valence-electron chi connectivity index (χ2n) is 8.90. The van der Waals surface area contributed by atoms with E-state index in [1.165, 1.54) is 10.5 Å². The molecule has 6 rings (SSSR count). The summed E-state index contributed by atoms with van der Waals surface area (Å²) in [6.07, 6.45) is 4.30. The highest BCUT2D eigenvalue weighted by Crippen LogP contribution is 2.58. The maximum atomic E-state index is 13.6. The molecule has 3 nitrogen and oxygen atoms in total. The van der Waals surface area contributed by atoms with E-state index in [1.54, 1.807) is 0 Å². The van der Waals surface area contributed by atoms with Gasteiger partial charge in [-0.2, -0.15) is 0 Å². The number of hydrogen-bond donors (Lipinski definition) is 0. The average molecular weight is 418 g/mol. The molecule has 2 fully saturated rings. The third-order valence-electron chi connectivity index (χ3n) is 7.09. The minimum absolute atomic E-state index is 0.0494. The van der Waals surface area contributed by atoms with Crippen molar-refractivity contribution in [2.75, 3.05) is 4.90 Å². The first-order valence-corrected chi connectivity index (χ1v) is 11.1. The first-order valence-electron chi connectivity index (χ1n) is 11.1. The lowest BCUT2D eigenvalue weighted by atomic mass is 9.85. The van der Waals surface area contributed by atoms with E-state index < -0.39 is 0 Å². The zero-order valence-corrected chi connectivity index (χ0v) is 17.8. The van der Waals surface area contributed by atoms with E-state index >= 15 is 0 Å². The monoisotopic (exact) mass is 417 g/mol. The maximum absolute atomic E-state index is 13.6.